The number of amides is 2. The van der Waals surface area contributed by atoms with Crippen LogP contribution in [0, 0.1) is 12.8 Å². The van der Waals surface area contributed by atoms with Gasteiger partial charge < -0.3 is 14.9 Å². The first-order valence-corrected chi connectivity index (χ1v) is 8.32. The summed E-state index contributed by atoms with van der Waals surface area (Å²) in [5, 5.41) is 9.09. The average molecular weight is 330 g/mol. The predicted molar refractivity (Wildman–Crippen MR) is 87.1 cm³/mol. The third-order valence-electron chi connectivity index (χ3n) is 4.94. The summed E-state index contributed by atoms with van der Waals surface area (Å²) >= 11 is 0. The molecule has 2 aliphatic heterocycles. The number of carboxylic acid groups (broad SMARTS) is 1. The molecule has 2 amide bonds. The van der Waals surface area contributed by atoms with Crippen molar-refractivity contribution in [2.45, 2.75) is 38.8 Å². The molecule has 2 unspecified atom stereocenters. The molecule has 0 aliphatic carbocycles. The molecular formula is C18H22N2O4. The van der Waals surface area contributed by atoms with Crippen molar-refractivity contribution in [2.24, 2.45) is 5.92 Å². The van der Waals surface area contributed by atoms with Gasteiger partial charge in [0.1, 0.15) is 6.04 Å². The minimum atomic E-state index is -0.857. The molecule has 3 rings (SSSR count). The third-order valence-corrected chi connectivity index (χ3v) is 4.94. The van der Waals surface area contributed by atoms with Crippen LogP contribution in [0.1, 0.15) is 30.4 Å². The summed E-state index contributed by atoms with van der Waals surface area (Å²) in [5.41, 5.74) is 2.15. The second kappa shape index (κ2) is 6.63. The third kappa shape index (κ3) is 3.27. The van der Waals surface area contributed by atoms with Gasteiger partial charge in [0.2, 0.25) is 11.8 Å². The van der Waals surface area contributed by atoms with Gasteiger partial charge in [-0.25, -0.2) is 0 Å². The van der Waals surface area contributed by atoms with E-state index in [9.17, 15) is 14.4 Å². The number of benzene rings is 1. The van der Waals surface area contributed by atoms with Crippen molar-refractivity contribution in [2.75, 3.05) is 13.1 Å². The molecule has 2 saturated heterocycles. The van der Waals surface area contributed by atoms with Crippen LogP contribution in [0.4, 0.5) is 0 Å². The van der Waals surface area contributed by atoms with Gasteiger partial charge in [0.25, 0.3) is 0 Å². The first kappa shape index (κ1) is 16.5. The van der Waals surface area contributed by atoms with Gasteiger partial charge in [-0.15, -0.1) is 0 Å². The van der Waals surface area contributed by atoms with Gasteiger partial charge in [-0.05, 0) is 25.3 Å². The first-order valence-electron chi connectivity index (χ1n) is 8.32. The van der Waals surface area contributed by atoms with Crippen molar-refractivity contribution in [1.82, 2.24) is 9.80 Å². The van der Waals surface area contributed by atoms with Gasteiger partial charge in [0.15, 0.2) is 0 Å². The topological polar surface area (TPSA) is 77.9 Å². The highest BCUT2D eigenvalue weighted by Crippen LogP contribution is 2.26. The van der Waals surface area contributed by atoms with E-state index in [0.29, 0.717) is 32.4 Å². The van der Waals surface area contributed by atoms with Crippen LogP contribution in [-0.2, 0) is 20.9 Å². The molecule has 1 N–H and O–H groups in total. The Morgan fingerprint density at radius 2 is 1.92 bits per heavy atom. The van der Waals surface area contributed by atoms with Crippen molar-refractivity contribution in [3.05, 3.63) is 35.4 Å². The lowest BCUT2D eigenvalue weighted by Crippen LogP contribution is -2.45. The molecule has 1 aromatic carbocycles. The quantitative estimate of drug-likeness (QED) is 0.906. The number of carbonyl (C=O) groups excluding carboxylic acids is 2. The van der Waals surface area contributed by atoms with E-state index in [4.69, 9.17) is 5.11 Å². The Labute approximate surface area is 141 Å². The highest BCUT2D eigenvalue weighted by Gasteiger charge is 2.41. The maximum absolute atomic E-state index is 12.8. The number of aryl methyl sites for hydroxylation is 1. The fraction of sp³-hybridized carbons (Fsp3) is 0.500. The SMILES string of the molecule is Cc1ccc(CN2C(=O)CCC2C(=O)N2CCC(C(=O)O)C2)cc1. The fourth-order valence-electron chi connectivity index (χ4n) is 3.45. The van der Waals surface area contributed by atoms with E-state index in [1.807, 2.05) is 31.2 Å². The van der Waals surface area contributed by atoms with Crippen LogP contribution < -0.4 is 0 Å². The number of hydrogen-bond donors (Lipinski definition) is 1. The molecule has 2 heterocycles. The van der Waals surface area contributed by atoms with E-state index in [1.165, 1.54) is 0 Å². The summed E-state index contributed by atoms with van der Waals surface area (Å²) in [6.07, 6.45) is 1.37. The van der Waals surface area contributed by atoms with Gasteiger partial charge in [-0.2, -0.15) is 0 Å². The van der Waals surface area contributed by atoms with Gasteiger partial charge in [0, 0.05) is 26.1 Å². The van der Waals surface area contributed by atoms with Gasteiger partial charge in [-0.1, -0.05) is 29.8 Å². The largest absolute Gasteiger partial charge is 0.481 e. The zero-order valence-corrected chi connectivity index (χ0v) is 13.8. The molecule has 2 fully saturated rings. The number of likely N-dealkylation sites (tertiary alicyclic amines) is 2. The molecule has 1 aromatic rings. The molecule has 6 nitrogen and oxygen atoms in total. The second-order valence-corrected chi connectivity index (χ2v) is 6.67. The van der Waals surface area contributed by atoms with E-state index in [1.54, 1.807) is 9.80 Å². The summed E-state index contributed by atoms with van der Waals surface area (Å²) in [5.74, 6) is -1.47. The minimum Gasteiger partial charge on any atom is -0.481 e. The fourth-order valence-corrected chi connectivity index (χ4v) is 3.45. The number of hydrogen-bond acceptors (Lipinski definition) is 3. The zero-order valence-electron chi connectivity index (χ0n) is 13.8. The molecule has 2 atom stereocenters. The summed E-state index contributed by atoms with van der Waals surface area (Å²) in [4.78, 5) is 39.3. The second-order valence-electron chi connectivity index (χ2n) is 6.67. The molecule has 0 aromatic heterocycles. The van der Waals surface area contributed by atoms with Crippen LogP contribution in [0.25, 0.3) is 0 Å². The lowest BCUT2D eigenvalue weighted by molar-refractivity contribution is -0.143. The van der Waals surface area contributed by atoms with Gasteiger partial charge >= 0.3 is 5.97 Å². The molecule has 0 spiro atoms. The highest BCUT2D eigenvalue weighted by molar-refractivity contribution is 5.91. The number of carbonyl (C=O) groups is 3. The number of nitrogens with zero attached hydrogens (tertiary/aromatic N) is 2. The lowest BCUT2D eigenvalue weighted by atomic mass is 10.1. The number of aliphatic carboxylic acids is 1. The van der Waals surface area contributed by atoms with Crippen LogP contribution in [-0.4, -0.2) is 51.8 Å². The molecule has 128 valence electrons. The summed E-state index contributed by atoms with van der Waals surface area (Å²) in [7, 11) is 0. The van der Waals surface area contributed by atoms with Crippen LogP contribution in [0.5, 0.6) is 0 Å². The Morgan fingerprint density at radius 1 is 1.21 bits per heavy atom. The molecule has 2 aliphatic rings. The van der Waals surface area contributed by atoms with E-state index in [-0.39, 0.29) is 18.4 Å². The monoisotopic (exact) mass is 330 g/mol. The lowest BCUT2D eigenvalue weighted by Gasteiger charge is -2.28. The van der Waals surface area contributed by atoms with Crippen LogP contribution in [0.3, 0.4) is 0 Å². The molecule has 0 radical (unpaired) electrons. The van der Waals surface area contributed by atoms with Crippen LogP contribution in [0.2, 0.25) is 0 Å². The van der Waals surface area contributed by atoms with Crippen LogP contribution >= 0.6 is 0 Å². The number of rotatable bonds is 4. The summed E-state index contributed by atoms with van der Waals surface area (Å²) in [6, 6.07) is 7.46. The first-order chi connectivity index (χ1) is 11.5. The van der Waals surface area contributed by atoms with E-state index < -0.39 is 17.9 Å². The predicted octanol–water partition coefficient (Wildman–Crippen LogP) is 1.42. The molecular weight excluding hydrogens is 308 g/mol. The molecule has 6 heteroatoms. The Balaban J connectivity index is 1.69. The molecule has 0 saturated carbocycles. The zero-order chi connectivity index (χ0) is 17.3. The Morgan fingerprint density at radius 3 is 2.54 bits per heavy atom. The normalized spacial score (nSPS) is 23.8. The average Bonchev–Trinajstić information content (AvgIpc) is 3.17. The Kier molecular flexibility index (Phi) is 4.55. The van der Waals surface area contributed by atoms with Crippen LogP contribution in [0.15, 0.2) is 24.3 Å². The van der Waals surface area contributed by atoms with Gasteiger partial charge in [0.05, 0.1) is 5.92 Å². The maximum Gasteiger partial charge on any atom is 0.308 e. The Bertz CT molecular complexity index is 655. The van der Waals surface area contributed by atoms with Crippen molar-refractivity contribution in [1.29, 1.82) is 0 Å². The molecule has 0 bridgehead atoms. The van der Waals surface area contributed by atoms with E-state index in [0.717, 1.165) is 11.1 Å². The maximum atomic E-state index is 12.8. The standard InChI is InChI=1S/C18H22N2O4/c1-12-2-4-13(5-3-12)10-20-15(6-7-16(20)21)17(22)19-9-8-14(11-19)18(23)24/h2-5,14-15H,6-11H2,1H3,(H,23,24). The molecule has 24 heavy (non-hydrogen) atoms. The van der Waals surface area contributed by atoms with Crippen molar-refractivity contribution in [3.8, 4) is 0 Å². The van der Waals surface area contributed by atoms with E-state index in [2.05, 4.69) is 0 Å². The minimum absolute atomic E-state index is 0.0112. The smallest absolute Gasteiger partial charge is 0.308 e. The van der Waals surface area contributed by atoms with Crippen molar-refractivity contribution < 1.29 is 19.5 Å². The van der Waals surface area contributed by atoms with Crippen molar-refractivity contribution >= 4 is 17.8 Å². The van der Waals surface area contributed by atoms with Gasteiger partial charge in [-0.3, -0.25) is 14.4 Å². The summed E-state index contributed by atoms with van der Waals surface area (Å²) < 4.78 is 0. The Hall–Kier alpha value is -2.37. The van der Waals surface area contributed by atoms with E-state index >= 15 is 0 Å². The summed E-state index contributed by atoms with van der Waals surface area (Å²) in [6.45, 7) is 3.13. The van der Waals surface area contributed by atoms with Crippen molar-refractivity contribution in [3.63, 3.8) is 0 Å². The number of carboxylic acids is 1. The highest BCUT2D eigenvalue weighted by atomic mass is 16.4.